The second kappa shape index (κ2) is 4.62. The van der Waals surface area contributed by atoms with E-state index in [1.54, 1.807) is 24.3 Å². The van der Waals surface area contributed by atoms with Crippen LogP contribution in [0.15, 0.2) is 58.7 Å². The summed E-state index contributed by atoms with van der Waals surface area (Å²) in [5.41, 5.74) is 2.49. The molecule has 19 heavy (non-hydrogen) atoms. The number of carbonyl (C=O) groups excluding carboxylic acids is 2. The number of rotatable bonds is 1. The number of hydrogen-bond donors (Lipinski definition) is 0. The van der Waals surface area contributed by atoms with Gasteiger partial charge in [-0.25, -0.2) is 0 Å². The molecule has 0 amide bonds. The van der Waals surface area contributed by atoms with Gasteiger partial charge in [0.15, 0.2) is 11.6 Å². The summed E-state index contributed by atoms with van der Waals surface area (Å²) in [5, 5.41) is 0. The molecule has 0 N–H and O–H groups in total. The Bertz CT molecular complexity index is 631. The van der Waals surface area contributed by atoms with Crippen molar-refractivity contribution in [2.75, 3.05) is 0 Å². The number of halogens is 2. The number of hydrogen-bond acceptors (Lipinski definition) is 2. The average Bonchev–Trinajstić information content (AvgIpc) is 2.38. The molecule has 3 rings (SSSR count). The van der Waals surface area contributed by atoms with Crippen molar-refractivity contribution in [1.82, 2.24) is 0 Å². The molecular weight excluding hydrogens is 283 g/mol. The summed E-state index contributed by atoms with van der Waals surface area (Å²) in [6.45, 7) is 0. The van der Waals surface area contributed by atoms with Crippen molar-refractivity contribution in [2.45, 2.75) is 11.3 Å². The highest BCUT2D eigenvalue weighted by molar-refractivity contribution is 6.46. The fraction of sp³-hybridized carbons (Fsp3) is 0.200. The van der Waals surface area contributed by atoms with Crippen LogP contribution >= 0.6 is 23.2 Å². The SMILES string of the molecule is O=C1CC=CC2=C1C(=O)C1C=CC=C(C(Cl)Cl)C1=C2. The van der Waals surface area contributed by atoms with Gasteiger partial charge in [0.05, 0.1) is 11.5 Å². The van der Waals surface area contributed by atoms with E-state index in [-0.39, 0.29) is 11.6 Å². The molecule has 96 valence electrons. The molecule has 0 saturated carbocycles. The normalized spacial score (nSPS) is 25.3. The Morgan fingerprint density at radius 3 is 2.79 bits per heavy atom. The van der Waals surface area contributed by atoms with Gasteiger partial charge in [-0.15, -0.1) is 23.2 Å². The summed E-state index contributed by atoms with van der Waals surface area (Å²) in [4.78, 5) is 23.6. The molecule has 0 aliphatic heterocycles. The summed E-state index contributed by atoms with van der Waals surface area (Å²) in [6.07, 6.45) is 11.1. The van der Waals surface area contributed by atoms with Crippen LogP contribution in [0, 0.1) is 5.92 Å². The van der Waals surface area contributed by atoms with Crippen LogP contribution in [0.5, 0.6) is 0 Å². The lowest BCUT2D eigenvalue weighted by atomic mass is 9.74. The van der Waals surface area contributed by atoms with Crippen LogP contribution in [0.25, 0.3) is 0 Å². The Labute approximate surface area is 120 Å². The van der Waals surface area contributed by atoms with Crippen molar-refractivity contribution in [3.63, 3.8) is 0 Å². The van der Waals surface area contributed by atoms with Crippen LogP contribution in [0.1, 0.15) is 6.42 Å². The largest absolute Gasteiger partial charge is 0.294 e. The van der Waals surface area contributed by atoms with Crippen LogP contribution in [0.3, 0.4) is 0 Å². The van der Waals surface area contributed by atoms with E-state index in [9.17, 15) is 9.59 Å². The second-order valence-corrected chi connectivity index (χ2v) is 5.71. The quantitative estimate of drug-likeness (QED) is 0.549. The van der Waals surface area contributed by atoms with E-state index in [0.29, 0.717) is 17.6 Å². The average molecular weight is 293 g/mol. The lowest BCUT2D eigenvalue weighted by molar-refractivity contribution is -0.122. The molecule has 0 aromatic carbocycles. The minimum atomic E-state index is -0.683. The zero-order valence-electron chi connectivity index (χ0n) is 9.90. The Kier molecular flexibility index (Phi) is 3.08. The summed E-state index contributed by atoms with van der Waals surface area (Å²) < 4.78 is 0. The first-order valence-electron chi connectivity index (χ1n) is 5.96. The molecule has 0 heterocycles. The maximum absolute atomic E-state index is 12.5. The topological polar surface area (TPSA) is 34.1 Å². The number of ketones is 2. The van der Waals surface area contributed by atoms with Gasteiger partial charge in [-0.3, -0.25) is 9.59 Å². The summed E-state index contributed by atoms with van der Waals surface area (Å²) in [7, 11) is 0. The molecule has 2 nitrogen and oxygen atoms in total. The van der Waals surface area contributed by atoms with Crippen LogP contribution in [-0.2, 0) is 9.59 Å². The molecule has 0 saturated heterocycles. The molecule has 0 spiro atoms. The summed E-state index contributed by atoms with van der Waals surface area (Å²) >= 11 is 11.9. The molecule has 3 aliphatic carbocycles. The Morgan fingerprint density at radius 2 is 2.05 bits per heavy atom. The third-order valence-electron chi connectivity index (χ3n) is 3.49. The highest BCUT2D eigenvalue weighted by Gasteiger charge is 2.36. The van der Waals surface area contributed by atoms with Crippen molar-refractivity contribution in [1.29, 1.82) is 0 Å². The number of alkyl halides is 2. The van der Waals surface area contributed by atoms with Crippen LogP contribution in [0.2, 0.25) is 0 Å². The number of fused-ring (bicyclic) bond motifs is 1. The van der Waals surface area contributed by atoms with Crippen LogP contribution in [0.4, 0.5) is 0 Å². The highest BCUT2D eigenvalue weighted by atomic mass is 35.5. The van der Waals surface area contributed by atoms with Gasteiger partial charge in [-0.2, -0.15) is 0 Å². The first kappa shape index (κ1) is 12.6. The van der Waals surface area contributed by atoms with E-state index in [0.717, 1.165) is 11.1 Å². The maximum Gasteiger partial charge on any atom is 0.178 e. The minimum absolute atomic E-state index is 0.115. The van der Waals surface area contributed by atoms with Crippen molar-refractivity contribution in [3.05, 3.63) is 58.7 Å². The van der Waals surface area contributed by atoms with E-state index in [1.165, 1.54) is 0 Å². The second-order valence-electron chi connectivity index (χ2n) is 4.61. The fourth-order valence-electron chi connectivity index (χ4n) is 2.61. The lowest BCUT2D eigenvalue weighted by Gasteiger charge is -2.28. The van der Waals surface area contributed by atoms with Crippen molar-refractivity contribution < 1.29 is 9.59 Å². The molecule has 1 unspecified atom stereocenters. The predicted octanol–water partition coefficient (Wildman–Crippen LogP) is 3.24. The molecule has 0 bridgehead atoms. The summed E-state index contributed by atoms with van der Waals surface area (Å²) in [5.74, 6) is -0.706. The number of Topliss-reactive ketones (excluding diaryl/α,β-unsaturated/α-hetero) is 2. The van der Waals surface area contributed by atoms with Crippen LogP contribution < -0.4 is 0 Å². The first-order valence-corrected chi connectivity index (χ1v) is 6.83. The van der Waals surface area contributed by atoms with E-state index >= 15 is 0 Å². The lowest BCUT2D eigenvalue weighted by Crippen LogP contribution is -2.29. The van der Waals surface area contributed by atoms with Crippen molar-refractivity contribution in [2.24, 2.45) is 5.92 Å². The fourth-order valence-corrected chi connectivity index (χ4v) is 3.01. The van der Waals surface area contributed by atoms with Gasteiger partial charge in [0.25, 0.3) is 0 Å². The minimum Gasteiger partial charge on any atom is -0.294 e. The highest BCUT2D eigenvalue weighted by Crippen LogP contribution is 2.39. The molecular formula is C15H10Cl2O2. The molecule has 0 aromatic heterocycles. The Morgan fingerprint density at radius 1 is 1.26 bits per heavy atom. The Balaban J connectivity index is 2.16. The van der Waals surface area contributed by atoms with Gasteiger partial charge in [0, 0.05) is 6.42 Å². The molecule has 0 radical (unpaired) electrons. The monoisotopic (exact) mass is 292 g/mol. The predicted molar refractivity (Wildman–Crippen MR) is 75.1 cm³/mol. The number of carbonyl (C=O) groups is 2. The van der Waals surface area contributed by atoms with Gasteiger partial charge in [-0.05, 0) is 22.8 Å². The third kappa shape index (κ3) is 1.96. The maximum atomic E-state index is 12.5. The van der Waals surface area contributed by atoms with Gasteiger partial charge in [0.2, 0.25) is 0 Å². The van der Waals surface area contributed by atoms with Crippen molar-refractivity contribution in [3.8, 4) is 0 Å². The van der Waals surface area contributed by atoms with E-state index in [2.05, 4.69) is 0 Å². The smallest absolute Gasteiger partial charge is 0.178 e. The van der Waals surface area contributed by atoms with E-state index in [4.69, 9.17) is 23.2 Å². The van der Waals surface area contributed by atoms with Gasteiger partial charge in [0.1, 0.15) is 4.84 Å². The standard InChI is InChI=1S/C15H10Cl2O2/c16-15(17)10-5-2-4-9-11(10)7-8-3-1-6-12(18)13(8)14(9)19/h1-5,7,9,15H,6H2. The van der Waals surface area contributed by atoms with Crippen LogP contribution in [-0.4, -0.2) is 16.4 Å². The molecule has 0 fully saturated rings. The zero-order valence-corrected chi connectivity index (χ0v) is 11.4. The molecule has 0 aromatic rings. The molecule has 3 aliphatic rings. The van der Waals surface area contributed by atoms with E-state index < -0.39 is 10.8 Å². The van der Waals surface area contributed by atoms with Gasteiger partial charge in [-0.1, -0.05) is 30.4 Å². The zero-order chi connectivity index (χ0) is 13.6. The Hall–Kier alpha value is -1.38. The molecule has 1 atom stereocenters. The van der Waals surface area contributed by atoms with Crippen molar-refractivity contribution >= 4 is 34.8 Å². The first-order chi connectivity index (χ1) is 9.09. The molecule has 4 heteroatoms. The van der Waals surface area contributed by atoms with E-state index in [1.807, 2.05) is 12.2 Å². The summed E-state index contributed by atoms with van der Waals surface area (Å²) in [6, 6.07) is 0. The van der Waals surface area contributed by atoms with Gasteiger partial charge < -0.3 is 0 Å². The third-order valence-corrected chi connectivity index (χ3v) is 3.96. The van der Waals surface area contributed by atoms with Gasteiger partial charge >= 0.3 is 0 Å². The number of allylic oxidation sites excluding steroid dienone is 10.